The highest BCUT2D eigenvalue weighted by Crippen LogP contribution is 2.49. The number of halogens is 2. The van der Waals surface area contributed by atoms with Gasteiger partial charge in [0, 0.05) is 22.1 Å². The molecule has 0 aliphatic carbocycles. The van der Waals surface area contributed by atoms with Gasteiger partial charge in [-0.25, -0.2) is 0 Å². The molecule has 1 heterocycles. The Kier molecular flexibility index (Phi) is 6.32. The van der Waals surface area contributed by atoms with Crippen molar-refractivity contribution < 1.29 is 4.79 Å². The third kappa shape index (κ3) is 4.22. The van der Waals surface area contributed by atoms with Crippen LogP contribution >= 0.6 is 23.2 Å². The van der Waals surface area contributed by atoms with Crippen molar-refractivity contribution in [2.24, 2.45) is 0 Å². The van der Waals surface area contributed by atoms with E-state index in [-0.39, 0.29) is 17.9 Å². The summed E-state index contributed by atoms with van der Waals surface area (Å²) in [5.41, 5.74) is 3.76. The molecule has 0 bridgehead atoms. The van der Waals surface area contributed by atoms with Gasteiger partial charge < -0.3 is 5.32 Å². The fourth-order valence-electron chi connectivity index (χ4n) is 4.94. The molecule has 4 aromatic carbocycles. The predicted octanol–water partition coefficient (Wildman–Crippen LogP) is 7.52. The summed E-state index contributed by atoms with van der Waals surface area (Å²) in [4.78, 5) is 14.4. The van der Waals surface area contributed by atoms with Gasteiger partial charge in [-0.15, -0.1) is 0 Å². The summed E-state index contributed by atoms with van der Waals surface area (Å²) in [5.74, 6) is -0.633. The van der Waals surface area contributed by atoms with Crippen molar-refractivity contribution in [1.29, 1.82) is 0 Å². The van der Waals surface area contributed by atoms with E-state index in [2.05, 4.69) is 5.32 Å². The van der Waals surface area contributed by atoms with Gasteiger partial charge in [0.15, 0.2) is 5.78 Å². The minimum Gasteiger partial charge on any atom is -0.301 e. The average molecular weight is 472 g/mol. The van der Waals surface area contributed by atoms with E-state index in [1.807, 2.05) is 109 Å². The highest BCUT2D eigenvalue weighted by molar-refractivity contribution is 6.31. The van der Waals surface area contributed by atoms with Gasteiger partial charge in [0.2, 0.25) is 0 Å². The van der Waals surface area contributed by atoms with Crippen molar-refractivity contribution >= 4 is 29.0 Å². The zero-order valence-electron chi connectivity index (χ0n) is 17.9. The number of carbonyl (C=O) groups excluding carboxylic acids is 1. The molecule has 1 aliphatic rings. The maximum Gasteiger partial charge on any atom is 0.151 e. The molecule has 0 aromatic heterocycles. The number of piperidine rings is 1. The summed E-state index contributed by atoms with van der Waals surface area (Å²) in [5, 5.41) is 5.08. The Labute approximate surface area is 204 Å². The van der Waals surface area contributed by atoms with E-state index >= 15 is 0 Å². The zero-order chi connectivity index (χ0) is 22.8. The molecule has 33 heavy (non-hydrogen) atoms. The molecule has 1 fully saturated rings. The lowest BCUT2D eigenvalue weighted by atomic mass is 9.70. The van der Waals surface area contributed by atoms with Crippen LogP contribution in [0.4, 0.5) is 0 Å². The first-order valence-corrected chi connectivity index (χ1v) is 11.8. The molecule has 5 rings (SSSR count). The molecule has 0 amide bonds. The predicted molar refractivity (Wildman–Crippen MR) is 135 cm³/mol. The molecule has 4 atom stereocenters. The molecule has 1 aliphatic heterocycles. The van der Waals surface area contributed by atoms with E-state index in [0.717, 1.165) is 22.3 Å². The van der Waals surface area contributed by atoms with Crippen LogP contribution in [-0.4, -0.2) is 5.78 Å². The first-order chi connectivity index (χ1) is 16.1. The maximum atomic E-state index is 14.4. The Balaban J connectivity index is 1.71. The van der Waals surface area contributed by atoms with Crippen molar-refractivity contribution in [3.05, 3.63) is 141 Å². The number of Topliss-reactive ketones (excluding diaryl/α,β-unsaturated/α-hetero) is 1. The lowest BCUT2D eigenvalue weighted by molar-refractivity contribution is -0.125. The molecule has 4 aromatic rings. The van der Waals surface area contributed by atoms with Crippen molar-refractivity contribution in [3.63, 3.8) is 0 Å². The van der Waals surface area contributed by atoms with Crippen LogP contribution in [0.1, 0.15) is 46.2 Å². The summed E-state index contributed by atoms with van der Waals surface area (Å²) in [6, 6.07) is 34.8. The number of hydrogen-bond acceptors (Lipinski definition) is 2. The SMILES string of the molecule is O=C1[C@H](c2ccccc2)[C@@H](c2ccccc2Cl)N[C@@H](c2ccccc2Cl)[C@@H]1c1ccccc1. The molecule has 0 saturated carbocycles. The maximum absolute atomic E-state index is 14.4. The fourth-order valence-corrected chi connectivity index (χ4v) is 5.44. The van der Waals surface area contributed by atoms with Gasteiger partial charge in [-0.2, -0.15) is 0 Å². The van der Waals surface area contributed by atoms with Crippen molar-refractivity contribution in [3.8, 4) is 0 Å². The number of carbonyl (C=O) groups is 1. The number of ketones is 1. The Morgan fingerprint density at radius 3 is 1.27 bits per heavy atom. The van der Waals surface area contributed by atoms with Crippen LogP contribution in [0.25, 0.3) is 0 Å². The van der Waals surface area contributed by atoms with E-state index in [4.69, 9.17) is 23.2 Å². The Hall–Kier alpha value is -2.91. The second kappa shape index (κ2) is 9.52. The van der Waals surface area contributed by atoms with Crippen LogP contribution < -0.4 is 5.32 Å². The van der Waals surface area contributed by atoms with Gasteiger partial charge in [0.1, 0.15) is 0 Å². The third-order valence-electron chi connectivity index (χ3n) is 6.44. The minimum atomic E-state index is -0.393. The highest BCUT2D eigenvalue weighted by atomic mass is 35.5. The quantitative estimate of drug-likeness (QED) is 0.333. The van der Waals surface area contributed by atoms with Crippen LogP contribution in [0.2, 0.25) is 10.0 Å². The Morgan fingerprint density at radius 1 is 0.515 bits per heavy atom. The summed E-state index contributed by atoms with van der Waals surface area (Å²) >= 11 is 13.3. The second-order valence-corrected chi connectivity index (χ2v) is 9.16. The molecule has 0 radical (unpaired) electrons. The lowest BCUT2D eigenvalue weighted by Crippen LogP contribution is -2.46. The van der Waals surface area contributed by atoms with Gasteiger partial charge in [-0.3, -0.25) is 4.79 Å². The van der Waals surface area contributed by atoms with Gasteiger partial charge >= 0.3 is 0 Å². The monoisotopic (exact) mass is 471 g/mol. The van der Waals surface area contributed by atoms with E-state index in [9.17, 15) is 4.79 Å². The zero-order valence-corrected chi connectivity index (χ0v) is 19.4. The number of hydrogen-bond donors (Lipinski definition) is 1. The van der Waals surface area contributed by atoms with E-state index in [0.29, 0.717) is 10.0 Å². The summed E-state index contributed by atoms with van der Waals surface area (Å²) in [6.45, 7) is 0. The van der Waals surface area contributed by atoms with E-state index in [1.165, 1.54) is 0 Å². The molecule has 0 unspecified atom stereocenters. The third-order valence-corrected chi connectivity index (χ3v) is 7.13. The fraction of sp³-hybridized carbons (Fsp3) is 0.138. The smallest absolute Gasteiger partial charge is 0.151 e. The summed E-state index contributed by atoms with van der Waals surface area (Å²) in [7, 11) is 0. The van der Waals surface area contributed by atoms with Gasteiger partial charge in [0.05, 0.1) is 11.8 Å². The van der Waals surface area contributed by atoms with Crippen LogP contribution in [0, 0.1) is 0 Å². The normalized spacial score (nSPS) is 22.8. The largest absolute Gasteiger partial charge is 0.301 e. The van der Waals surface area contributed by atoms with Crippen LogP contribution in [0.15, 0.2) is 109 Å². The van der Waals surface area contributed by atoms with Crippen molar-refractivity contribution in [2.45, 2.75) is 23.9 Å². The average Bonchev–Trinajstić information content (AvgIpc) is 2.85. The van der Waals surface area contributed by atoms with Crippen LogP contribution in [0.5, 0.6) is 0 Å². The molecule has 4 heteroatoms. The highest BCUT2D eigenvalue weighted by Gasteiger charge is 2.46. The molecular formula is C29H23Cl2NO. The van der Waals surface area contributed by atoms with Crippen molar-refractivity contribution in [2.75, 3.05) is 0 Å². The van der Waals surface area contributed by atoms with Crippen LogP contribution in [-0.2, 0) is 4.79 Å². The Morgan fingerprint density at radius 2 is 0.879 bits per heavy atom. The summed E-state index contributed by atoms with van der Waals surface area (Å²) < 4.78 is 0. The van der Waals surface area contributed by atoms with Gasteiger partial charge in [0.25, 0.3) is 0 Å². The number of benzene rings is 4. The summed E-state index contributed by atoms with van der Waals surface area (Å²) in [6.07, 6.45) is 0. The van der Waals surface area contributed by atoms with Crippen LogP contribution in [0.3, 0.4) is 0 Å². The Bertz CT molecular complexity index is 1160. The number of nitrogens with one attached hydrogen (secondary N) is 1. The standard InChI is InChI=1S/C29H23Cl2NO/c30-23-17-9-7-15-21(23)27-25(19-11-3-1-4-12-19)29(33)26(20-13-5-2-6-14-20)28(32-27)22-16-8-10-18-24(22)31/h1-18,25-28,32H/t25-,26+,27-,28+. The van der Waals surface area contributed by atoms with Gasteiger partial charge in [-0.05, 0) is 34.4 Å². The van der Waals surface area contributed by atoms with E-state index in [1.54, 1.807) is 0 Å². The minimum absolute atomic E-state index is 0.154. The first-order valence-electron chi connectivity index (χ1n) is 11.0. The molecule has 1 N–H and O–H groups in total. The lowest BCUT2D eigenvalue weighted by Gasteiger charge is -2.43. The topological polar surface area (TPSA) is 29.1 Å². The molecule has 0 spiro atoms. The van der Waals surface area contributed by atoms with Gasteiger partial charge in [-0.1, -0.05) is 120 Å². The van der Waals surface area contributed by atoms with E-state index < -0.39 is 11.8 Å². The first kappa shape index (κ1) is 21.9. The second-order valence-electron chi connectivity index (χ2n) is 8.34. The molecule has 2 nitrogen and oxygen atoms in total. The molecule has 1 saturated heterocycles. The number of rotatable bonds is 4. The van der Waals surface area contributed by atoms with Crippen molar-refractivity contribution in [1.82, 2.24) is 5.32 Å². The molecular weight excluding hydrogens is 449 g/mol. The molecule has 164 valence electrons.